The third-order valence-electron chi connectivity index (χ3n) is 3.36. The van der Waals surface area contributed by atoms with Gasteiger partial charge in [-0.3, -0.25) is 4.79 Å². The number of pyridine rings is 1. The van der Waals surface area contributed by atoms with Crippen LogP contribution >= 0.6 is 34.5 Å². The van der Waals surface area contributed by atoms with Crippen LogP contribution in [0.15, 0.2) is 12.1 Å². The Labute approximate surface area is 160 Å². The van der Waals surface area contributed by atoms with E-state index >= 15 is 0 Å². The van der Waals surface area contributed by atoms with Crippen molar-refractivity contribution in [2.24, 2.45) is 0 Å². The highest BCUT2D eigenvalue weighted by Gasteiger charge is 2.20. The quantitative estimate of drug-likeness (QED) is 0.564. The zero-order valence-electron chi connectivity index (χ0n) is 14.1. The highest BCUT2D eigenvalue weighted by molar-refractivity contribution is 7.16. The van der Waals surface area contributed by atoms with Crippen LogP contribution in [-0.4, -0.2) is 23.5 Å². The minimum Gasteiger partial charge on any atom is -0.462 e. The van der Waals surface area contributed by atoms with Crippen LogP contribution < -0.4 is 5.32 Å². The second-order valence-electron chi connectivity index (χ2n) is 5.27. The van der Waals surface area contributed by atoms with Gasteiger partial charge >= 0.3 is 5.97 Å². The van der Waals surface area contributed by atoms with Crippen molar-refractivity contribution in [3.8, 4) is 0 Å². The largest absolute Gasteiger partial charge is 0.462 e. The normalized spacial score (nSPS) is 10.6. The number of nitrogens with zero attached hydrogens (tertiary/aromatic N) is 1. The molecule has 0 spiro atoms. The molecule has 1 N–H and O–H groups in total. The fraction of sp³-hybridized carbons (Fsp3) is 0.353. The smallest absolute Gasteiger partial charge is 0.341 e. The molecule has 0 aliphatic heterocycles. The summed E-state index contributed by atoms with van der Waals surface area (Å²) >= 11 is 13.6. The Kier molecular flexibility index (Phi) is 6.81. The van der Waals surface area contributed by atoms with Crippen LogP contribution in [-0.2, 0) is 22.4 Å². The number of carbonyl (C=O) groups excluding carboxylic acids is 2. The molecule has 25 heavy (non-hydrogen) atoms. The van der Waals surface area contributed by atoms with Crippen LogP contribution in [0.3, 0.4) is 0 Å². The molecule has 2 aromatic heterocycles. The lowest BCUT2D eigenvalue weighted by Crippen LogP contribution is -2.17. The number of aromatic nitrogens is 1. The number of rotatable bonds is 6. The molecule has 1 amide bonds. The van der Waals surface area contributed by atoms with Crippen LogP contribution in [0.25, 0.3) is 0 Å². The van der Waals surface area contributed by atoms with Crippen LogP contribution in [0.2, 0.25) is 10.2 Å². The van der Waals surface area contributed by atoms with Crippen LogP contribution in [0, 0.1) is 6.92 Å². The minimum atomic E-state index is -0.457. The molecular weight excluding hydrogens is 383 g/mol. The van der Waals surface area contributed by atoms with Gasteiger partial charge < -0.3 is 10.1 Å². The van der Waals surface area contributed by atoms with Gasteiger partial charge in [0.25, 0.3) is 0 Å². The summed E-state index contributed by atoms with van der Waals surface area (Å²) in [5, 5.41) is 3.81. The number of amides is 1. The topological polar surface area (TPSA) is 68.3 Å². The second kappa shape index (κ2) is 8.65. The lowest BCUT2D eigenvalue weighted by atomic mass is 10.2. The molecule has 2 aromatic rings. The molecule has 0 aliphatic rings. The lowest BCUT2D eigenvalue weighted by Gasteiger charge is -2.09. The van der Waals surface area contributed by atoms with Crippen molar-refractivity contribution >= 4 is 51.4 Å². The molecule has 5 nitrogen and oxygen atoms in total. The maximum absolute atomic E-state index is 12.4. The van der Waals surface area contributed by atoms with E-state index in [1.165, 1.54) is 11.3 Å². The molecule has 8 heteroatoms. The summed E-state index contributed by atoms with van der Waals surface area (Å²) in [6, 6.07) is 3.39. The van der Waals surface area contributed by atoms with E-state index in [0.717, 1.165) is 11.3 Å². The predicted molar refractivity (Wildman–Crippen MR) is 101 cm³/mol. The number of esters is 1. The van der Waals surface area contributed by atoms with Gasteiger partial charge in [0, 0.05) is 21.2 Å². The summed E-state index contributed by atoms with van der Waals surface area (Å²) in [6.07, 6.45) is 0.721. The van der Waals surface area contributed by atoms with Gasteiger partial charge in [-0.15, -0.1) is 11.3 Å². The number of anilines is 1. The van der Waals surface area contributed by atoms with Crippen molar-refractivity contribution in [3.05, 3.63) is 44.0 Å². The molecule has 0 saturated carbocycles. The average molecular weight is 401 g/mol. The van der Waals surface area contributed by atoms with E-state index in [1.807, 2.05) is 6.92 Å². The predicted octanol–water partition coefficient (Wildman–Crippen LogP) is 4.68. The van der Waals surface area contributed by atoms with E-state index in [1.54, 1.807) is 26.0 Å². The molecule has 2 heterocycles. The maximum Gasteiger partial charge on any atom is 0.341 e. The fourth-order valence-corrected chi connectivity index (χ4v) is 3.85. The van der Waals surface area contributed by atoms with Gasteiger partial charge in [0.15, 0.2) is 0 Å². The van der Waals surface area contributed by atoms with Gasteiger partial charge in [-0.2, -0.15) is 0 Å². The number of aryl methyl sites for hydroxylation is 2. The highest BCUT2D eigenvalue weighted by Crippen LogP contribution is 2.30. The van der Waals surface area contributed by atoms with E-state index in [-0.39, 0.29) is 24.1 Å². The Balaban J connectivity index is 2.21. The van der Waals surface area contributed by atoms with E-state index in [0.29, 0.717) is 26.8 Å². The molecule has 2 rings (SSSR count). The highest BCUT2D eigenvalue weighted by atomic mass is 35.5. The van der Waals surface area contributed by atoms with Crippen molar-refractivity contribution in [3.63, 3.8) is 0 Å². The Bertz CT molecular complexity index is 782. The van der Waals surface area contributed by atoms with E-state index in [2.05, 4.69) is 10.3 Å². The van der Waals surface area contributed by atoms with E-state index < -0.39 is 5.97 Å². The molecule has 0 aromatic carbocycles. The molecule has 0 bridgehead atoms. The second-order valence-corrected chi connectivity index (χ2v) is 7.17. The Morgan fingerprint density at radius 1 is 1.28 bits per heavy atom. The Morgan fingerprint density at radius 3 is 2.60 bits per heavy atom. The van der Waals surface area contributed by atoms with Crippen molar-refractivity contribution in [1.29, 1.82) is 0 Å². The minimum absolute atomic E-state index is 0.0351. The Hall–Kier alpha value is -1.63. The van der Waals surface area contributed by atoms with Crippen LogP contribution in [0.4, 0.5) is 5.00 Å². The maximum atomic E-state index is 12.4. The van der Waals surface area contributed by atoms with Gasteiger partial charge in [0.1, 0.15) is 10.2 Å². The Morgan fingerprint density at radius 2 is 2.00 bits per heavy atom. The molecule has 0 saturated heterocycles. The molecule has 0 aliphatic carbocycles. The molecule has 134 valence electrons. The van der Waals surface area contributed by atoms with Crippen molar-refractivity contribution in [1.82, 2.24) is 4.98 Å². The van der Waals surface area contributed by atoms with E-state index in [4.69, 9.17) is 27.9 Å². The number of halogens is 2. The summed E-state index contributed by atoms with van der Waals surface area (Å²) in [4.78, 5) is 29.6. The number of ether oxygens (including phenoxy) is 1. The summed E-state index contributed by atoms with van der Waals surface area (Å²) in [7, 11) is 0. The van der Waals surface area contributed by atoms with Crippen molar-refractivity contribution in [2.75, 3.05) is 11.9 Å². The fourth-order valence-electron chi connectivity index (χ4n) is 2.18. The third kappa shape index (κ3) is 4.93. The zero-order valence-corrected chi connectivity index (χ0v) is 16.4. The molecule has 0 fully saturated rings. The summed E-state index contributed by atoms with van der Waals surface area (Å²) in [6.45, 7) is 5.75. The third-order valence-corrected chi connectivity index (χ3v) is 5.21. The number of hydrogen-bond donors (Lipinski definition) is 1. The molecule has 0 unspecified atom stereocenters. The summed E-state index contributed by atoms with van der Waals surface area (Å²) < 4.78 is 5.04. The zero-order chi connectivity index (χ0) is 18.6. The summed E-state index contributed by atoms with van der Waals surface area (Å²) in [5.74, 6) is -0.786. The van der Waals surface area contributed by atoms with Crippen LogP contribution in [0.5, 0.6) is 0 Å². The molecular formula is C17H18Cl2N2O3S. The molecule has 0 atom stereocenters. The number of carbonyl (C=O) groups is 2. The average Bonchev–Trinajstić information content (AvgIpc) is 2.94. The van der Waals surface area contributed by atoms with E-state index in [9.17, 15) is 9.59 Å². The van der Waals surface area contributed by atoms with Crippen molar-refractivity contribution < 1.29 is 14.3 Å². The number of thiophene rings is 1. The standard InChI is InChI=1S/C17H18Cl2N2O3S/c1-4-10-7-12(17(23)24-5-2)16(25-10)21-14(22)8-11-13(18)6-9(3)20-15(11)19/h6-7H,4-5,8H2,1-3H3,(H,21,22). The first-order chi connectivity index (χ1) is 11.8. The van der Waals surface area contributed by atoms with Gasteiger partial charge in [0.2, 0.25) is 5.91 Å². The SMILES string of the molecule is CCOC(=O)c1cc(CC)sc1NC(=O)Cc1c(Cl)cc(C)nc1Cl. The first-order valence-electron chi connectivity index (χ1n) is 7.76. The van der Waals surface area contributed by atoms with Crippen molar-refractivity contribution in [2.45, 2.75) is 33.6 Å². The monoisotopic (exact) mass is 400 g/mol. The number of hydrogen-bond acceptors (Lipinski definition) is 5. The van der Waals surface area contributed by atoms with Gasteiger partial charge in [-0.1, -0.05) is 30.1 Å². The summed E-state index contributed by atoms with van der Waals surface area (Å²) in [5.41, 5.74) is 1.49. The van der Waals surface area contributed by atoms with Gasteiger partial charge in [0.05, 0.1) is 18.6 Å². The lowest BCUT2D eigenvalue weighted by molar-refractivity contribution is -0.115. The van der Waals surface area contributed by atoms with Gasteiger partial charge in [-0.05, 0) is 32.4 Å². The first kappa shape index (κ1) is 19.7. The van der Waals surface area contributed by atoms with Gasteiger partial charge in [-0.25, -0.2) is 9.78 Å². The molecule has 0 radical (unpaired) electrons. The number of nitrogens with one attached hydrogen (secondary N) is 1. The first-order valence-corrected chi connectivity index (χ1v) is 9.34. The van der Waals surface area contributed by atoms with Crippen LogP contribution in [0.1, 0.15) is 40.3 Å².